The van der Waals surface area contributed by atoms with Crippen molar-refractivity contribution in [2.45, 2.75) is 26.4 Å². The highest BCUT2D eigenvalue weighted by atomic mass is 16.1. The van der Waals surface area contributed by atoms with Crippen molar-refractivity contribution in [2.24, 2.45) is 0 Å². The number of pyridine rings is 1. The molecule has 4 heterocycles. The van der Waals surface area contributed by atoms with E-state index in [1.54, 1.807) is 29.0 Å². The van der Waals surface area contributed by atoms with Crippen LogP contribution in [0.1, 0.15) is 28.5 Å². The third-order valence-corrected chi connectivity index (χ3v) is 5.64. The van der Waals surface area contributed by atoms with E-state index in [9.17, 15) is 9.59 Å². The number of fused-ring (bicyclic) bond motifs is 2. The summed E-state index contributed by atoms with van der Waals surface area (Å²) in [5.74, 6) is 0.615. The number of benzene rings is 1. The fraction of sp³-hybridized carbons (Fsp3) is 0.208. The summed E-state index contributed by atoms with van der Waals surface area (Å²) in [4.78, 5) is 38.4. The number of rotatable bonds is 6. The highest BCUT2D eigenvalue weighted by Gasteiger charge is 2.18. The Morgan fingerprint density at radius 2 is 2.12 bits per heavy atom. The number of Topliss-reactive ketones (excluding diaryl/α,β-unsaturated/α-hetero) is 1. The molecule has 0 unspecified atom stereocenters. The van der Waals surface area contributed by atoms with Crippen LogP contribution in [0, 0.1) is 0 Å². The van der Waals surface area contributed by atoms with Crippen molar-refractivity contribution in [2.75, 3.05) is 11.9 Å². The van der Waals surface area contributed by atoms with Gasteiger partial charge >= 0.3 is 0 Å². The third-order valence-electron chi connectivity index (χ3n) is 5.64. The SMILES string of the molecule is C=CCn1c(=O)c2cnc(Nc3ccc4c(c3)CNCC4)nc2n1-c1cccc(C(C)=O)n1. The number of anilines is 2. The zero-order chi connectivity index (χ0) is 22.9. The van der Waals surface area contributed by atoms with E-state index in [0.29, 0.717) is 28.5 Å². The predicted octanol–water partition coefficient (Wildman–Crippen LogP) is 2.76. The van der Waals surface area contributed by atoms with Gasteiger partial charge in [0.15, 0.2) is 17.2 Å². The number of carbonyl (C=O) groups excluding carboxylic acids is 1. The molecule has 9 heteroatoms. The average Bonchev–Trinajstić information content (AvgIpc) is 3.10. The maximum absolute atomic E-state index is 13.1. The Morgan fingerprint density at radius 1 is 1.24 bits per heavy atom. The minimum Gasteiger partial charge on any atom is -0.324 e. The van der Waals surface area contributed by atoms with Crippen LogP contribution in [-0.2, 0) is 19.5 Å². The van der Waals surface area contributed by atoms with Gasteiger partial charge in [0.2, 0.25) is 5.95 Å². The Morgan fingerprint density at radius 3 is 2.94 bits per heavy atom. The second kappa shape index (κ2) is 8.44. The average molecular weight is 441 g/mol. The lowest BCUT2D eigenvalue weighted by atomic mass is 10.0. The summed E-state index contributed by atoms with van der Waals surface area (Å²) < 4.78 is 3.09. The quantitative estimate of drug-likeness (QED) is 0.350. The molecule has 2 N–H and O–H groups in total. The Kier molecular flexibility index (Phi) is 5.31. The van der Waals surface area contributed by atoms with Crippen LogP contribution in [0.2, 0.25) is 0 Å². The van der Waals surface area contributed by atoms with Gasteiger partial charge in [-0.2, -0.15) is 4.98 Å². The van der Waals surface area contributed by atoms with E-state index in [4.69, 9.17) is 0 Å². The molecule has 3 aromatic heterocycles. The summed E-state index contributed by atoms with van der Waals surface area (Å²) in [5, 5.41) is 6.98. The molecule has 0 atom stereocenters. The number of carbonyl (C=O) groups is 1. The third kappa shape index (κ3) is 3.83. The Labute approximate surface area is 189 Å². The fourth-order valence-corrected chi connectivity index (χ4v) is 4.03. The minimum atomic E-state index is -0.258. The van der Waals surface area contributed by atoms with Gasteiger partial charge in [-0.1, -0.05) is 18.2 Å². The second-order valence-corrected chi connectivity index (χ2v) is 7.89. The molecule has 33 heavy (non-hydrogen) atoms. The maximum Gasteiger partial charge on any atom is 0.278 e. The molecule has 0 amide bonds. The van der Waals surface area contributed by atoms with Crippen molar-refractivity contribution in [3.63, 3.8) is 0 Å². The van der Waals surface area contributed by atoms with Gasteiger partial charge in [-0.15, -0.1) is 6.58 Å². The zero-order valence-corrected chi connectivity index (χ0v) is 18.2. The predicted molar refractivity (Wildman–Crippen MR) is 126 cm³/mol. The van der Waals surface area contributed by atoms with E-state index in [1.807, 2.05) is 6.07 Å². The molecular weight excluding hydrogens is 418 g/mol. The molecule has 0 saturated carbocycles. The molecule has 0 bridgehead atoms. The van der Waals surface area contributed by atoms with Gasteiger partial charge in [0.05, 0.1) is 6.54 Å². The van der Waals surface area contributed by atoms with E-state index >= 15 is 0 Å². The molecule has 0 aliphatic carbocycles. The molecule has 0 spiro atoms. The van der Waals surface area contributed by atoms with Crippen molar-refractivity contribution >= 4 is 28.5 Å². The molecular formula is C24H23N7O2. The lowest BCUT2D eigenvalue weighted by Gasteiger charge is -2.18. The van der Waals surface area contributed by atoms with Crippen LogP contribution in [0.4, 0.5) is 11.6 Å². The smallest absolute Gasteiger partial charge is 0.278 e. The first-order valence-corrected chi connectivity index (χ1v) is 10.7. The van der Waals surface area contributed by atoms with Crippen LogP contribution < -0.4 is 16.2 Å². The summed E-state index contributed by atoms with van der Waals surface area (Å²) in [6, 6.07) is 11.3. The standard InChI is InChI=1S/C24H23N7O2/c1-3-11-30-23(33)19-14-26-24(27-18-8-7-16-9-10-25-13-17(16)12-18)29-22(19)31(30)21-6-4-5-20(28-21)15(2)32/h3-8,12,14,25H,1,9-11,13H2,2H3,(H,26,27,29). The molecule has 1 aliphatic heterocycles. The number of hydrogen-bond acceptors (Lipinski definition) is 7. The number of hydrogen-bond donors (Lipinski definition) is 2. The summed E-state index contributed by atoms with van der Waals surface area (Å²) in [6.07, 6.45) is 4.14. The Bertz CT molecular complexity index is 1450. The summed E-state index contributed by atoms with van der Waals surface area (Å²) >= 11 is 0. The van der Waals surface area contributed by atoms with Gasteiger partial charge in [0.1, 0.15) is 11.1 Å². The van der Waals surface area contributed by atoms with E-state index < -0.39 is 0 Å². The molecule has 5 rings (SSSR count). The van der Waals surface area contributed by atoms with Crippen LogP contribution in [0.3, 0.4) is 0 Å². The van der Waals surface area contributed by atoms with Crippen LogP contribution in [0.5, 0.6) is 0 Å². The number of ketones is 1. The van der Waals surface area contributed by atoms with Crippen LogP contribution in [0.15, 0.2) is 60.0 Å². The molecule has 4 aromatic rings. The number of allylic oxidation sites excluding steroid dienone is 1. The van der Waals surface area contributed by atoms with Crippen molar-refractivity contribution in [1.82, 2.24) is 29.6 Å². The molecule has 166 valence electrons. The van der Waals surface area contributed by atoms with Crippen LogP contribution >= 0.6 is 0 Å². The van der Waals surface area contributed by atoms with E-state index in [0.717, 1.165) is 25.2 Å². The lowest BCUT2D eigenvalue weighted by molar-refractivity contribution is 0.101. The Hall–Kier alpha value is -4.11. The van der Waals surface area contributed by atoms with Crippen molar-refractivity contribution in [3.8, 4) is 5.82 Å². The van der Waals surface area contributed by atoms with E-state index in [-0.39, 0.29) is 17.9 Å². The number of nitrogens with one attached hydrogen (secondary N) is 2. The minimum absolute atomic E-state index is 0.162. The first-order chi connectivity index (χ1) is 16.0. The molecule has 0 radical (unpaired) electrons. The highest BCUT2D eigenvalue weighted by molar-refractivity contribution is 5.92. The zero-order valence-electron chi connectivity index (χ0n) is 18.2. The summed E-state index contributed by atoms with van der Waals surface area (Å²) in [5.41, 5.74) is 3.89. The van der Waals surface area contributed by atoms with Crippen LogP contribution in [-0.4, -0.2) is 36.6 Å². The van der Waals surface area contributed by atoms with Crippen LogP contribution in [0.25, 0.3) is 16.9 Å². The molecule has 1 aromatic carbocycles. The number of aromatic nitrogens is 5. The van der Waals surface area contributed by atoms with Gasteiger partial charge in [0, 0.05) is 25.4 Å². The topological polar surface area (TPSA) is 107 Å². The van der Waals surface area contributed by atoms with E-state index in [2.05, 4.69) is 44.3 Å². The van der Waals surface area contributed by atoms with Gasteiger partial charge in [-0.3, -0.25) is 9.59 Å². The maximum atomic E-state index is 13.1. The second-order valence-electron chi connectivity index (χ2n) is 7.89. The molecule has 9 nitrogen and oxygen atoms in total. The summed E-state index contributed by atoms with van der Waals surface area (Å²) in [7, 11) is 0. The highest BCUT2D eigenvalue weighted by Crippen LogP contribution is 2.22. The normalized spacial score (nSPS) is 13.0. The van der Waals surface area contributed by atoms with Crippen molar-refractivity contribution < 1.29 is 4.79 Å². The molecule has 0 fully saturated rings. The van der Waals surface area contributed by atoms with Gasteiger partial charge in [0.25, 0.3) is 5.56 Å². The fourth-order valence-electron chi connectivity index (χ4n) is 4.03. The molecule has 1 aliphatic rings. The molecule has 0 saturated heterocycles. The lowest BCUT2D eigenvalue weighted by Crippen LogP contribution is -2.23. The summed E-state index contributed by atoms with van der Waals surface area (Å²) in [6.45, 7) is 7.27. The number of nitrogens with zero attached hydrogens (tertiary/aromatic N) is 5. The first-order valence-electron chi connectivity index (χ1n) is 10.7. The van der Waals surface area contributed by atoms with Gasteiger partial charge < -0.3 is 10.6 Å². The van der Waals surface area contributed by atoms with Gasteiger partial charge in [-0.05, 0) is 48.4 Å². The Balaban J connectivity index is 1.62. The van der Waals surface area contributed by atoms with Gasteiger partial charge in [-0.25, -0.2) is 19.3 Å². The monoisotopic (exact) mass is 441 g/mol. The van der Waals surface area contributed by atoms with Crippen molar-refractivity contribution in [3.05, 3.63) is 82.4 Å². The first kappa shape index (κ1) is 20.8. The largest absolute Gasteiger partial charge is 0.324 e. The van der Waals surface area contributed by atoms with E-state index in [1.165, 1.54) is 28.9 Å². The van der Waals surface area contributed by atoms with Crippen molar-refractivity contribution in [1.29, 1.82) is 0 Å².